The largest absolute Gasteiger partial charge is 0.319 e. The van der Waals surface area contributed by atoms with Crippen LogP contribution in [0.5, 0.6) is 0 Å². The fourth-order valence-corrected chi connectivity index (χ4v) is 1.78. The Morgan fingerprint density at radius 3 is 2.69 bits per heavy atom. The van der Waals surface area contributed by atoms with Crippen LogP contribution in [0.25, 0.3) is 0 Å². The molecule has 2 nitrogen and oxygen atoms in total. The summed E-state index contributed by atoms with van der Waals surface area (Å²) in [6.07, 6.45) is 0.668. The van der Waals surface area contributed by atoms with Crippen LogP contribution in [-0.4, -0.2) is 11.3 Å². The Kier molecular flexibility index (Phi) is 2.88. The van der Waals surface area contributed by atoms with Gasteiger partial charge in [-0.1, -0.05) is 6.92 Å². The van der Waals surface area contributed by atoms with Gasteiger partial charge in [0.05, 0.1) is 5.54 Å². The van der Waals surface area contributed by atoms with E-state index < -0.39 is 5.54 Å². The average Bonchev–Trinajstić information content (AvgIpc) is 2.50. The van der Waals surface area contributed by atoms with Gasteiger partial charge in [0.25, 0.3) is 0 Å². The molecule has 2 N–H and O–H groups in total. The third-order valence-electron chi connectivity index (χ3n) is 2.36. The van der Waals surface area contributed by atoms with Gasteiger partial charge in [0.15, 0.2) is 5.78 Å². The number of ketones is 1. The molecule has 0 saturated heterocycles. The van der Waals surface area contributed by atoms with Crippen molar-refractivity contribution in [3.8, 4) is 0 Å². The van der Waals surface area contributed by atoms with Gasteiger partial charge in [-0.2, -0.15) is 0 Å². The first kappa shape index (κ1) is 10.4. The lowest BCUT2D eigenvalue weighted by Crippen LogP contribution is -2.44. The Morgan fingerprint density at radius 1 is 1.69 bits per heavy atom. The minimum atomic E-state index is -0.716. The van der Waals surface area contributed by atoms with E-state index in [0.29, 0.717) is 6.42 Å². The Bertz CT molecular complexity index is 314. The molecule has 0 bridgehead atoms. The molecular weight excluding hydrogens is 182 g/mol. The molecule has 0 amide bonds. The predicted molar refractivity (Wildman–Crippen MR) is 56.3 cm³/mol. The van der Waals surface area contributed by atoms with E-state index in [-0.39, 0.29) is 5.78 Å². The number of hydrogen-bond acceptors (Lipinski definition) is 3. The SMILES string of the molecule is CCC(C)(N)C(=O)c1ccsc1C. The maximum atomic E-state index is 11.9. The van der Waals surface area contributed by atoms with E-state index in [1.165, 1.54) is 0 Å². The van der Waals surface area contributed by atoms with Crippen LogP contribution < -0.4 is 5.73 Å². The first-order chi connectivity index (χ1) is 5.99. The highest BCUT2D eigenvalue weighted by atomic mass is 32.1. The molecule has 1 rings (SSSR count). The van der Waals surface area contributed by atoms with Crippen molar-refractivity contribution in [1.82, 2.24) is 0 Å². The lowest BCUT2D eigenvalue weighted by atomic mass is 9.90. The summed E-state index contributed by atoms with van der Waals surface area (Å²) < 4.78 is 0. The molecule has 1 aromatic rings. The third kappa shape index (κ3) is 1.98. The summed E-state index contributed by atoms with van der Waals surface area (Å²) in [6, 6.07) is 1.85. The molecule has 3 heteroatoms. The molecule has 1 atom stereocenters. The second-order valence-corrected chi connectivity index (χ2v) is 4.61. The number of Topliss-reactive ketones (excluding diaryl/α,β-unsaturated/α-hetero) is 1. The fourth-order valence-electron chi connectivity index (χ4n) is 1.09. The van der Waals surface area contributed by atoms with E-state index in [0.717, 1.165) is 10.4 Å². The van der Waals surface area contributed by atoms with E-state index in [1.807, 2.05) is 25.3 Å². The summed E-state index contributed by atoms with van der Waals surface area (Å²) in [5.41, 5.74) is 5.93. The summed E-state index contributed by atoms with van der Waals surface area (Å²) in [4.78, 5) is 12.9. The molecule has 0 radical (unpaired) electrons. The van der Waals surface area contributed by atoms with Gasteiger partial charge in [0, 0.05) is 10.4 Å². The van der Waals surface area contributed by atoms with E-state index >= 15 is 0 Å². The topological polar surface area (TPSA) is 43.1 Å². The van der Waals surface area contributed by atoms with Crippen LogP contribution in [0.3, 0.4) is 0 Å². The van der Waals surface area contributed by atoms with Crippen LogP contribution in [0, 0.1) is 6.92 Å². The molecule has 0 aliphatic heterocycles. The maximum absolute atomic E-state index is 11.9. The molecule has 13 heavy (non-hydrogen) atoms. The molecule has 1 heterocycles. The standard InChI is InChI=1S/C10H15NOS/c1-4-10(3,11)9(12)8-5-6-13-7(8)2/h5-6H,4,11H2,1-3H3. The molecule has 1 aromatic heterocycles. The second-order valence-electron chi connectivity index (χ2n) is 3.49. The highest BCUT2D eigenvalue weighted by Crippen LogP contribution is 2.21. The zero-order valence-corrected chi connectivity index (χ0v) is 9.07. The highest BCUT2D eigenvalue weighted by Gasteiger charge is 2.28. The number of thiophene rings is 1. The molecule has 0 saturated carbocycles. The fraction of sp³-hybridized carbons (Fsp3) is 0.500. The monoisotopic (exact) mass is 197 g/mol. The zero-order chi connectivity index (χ0) is 10.1. The van der Waals surface area contributed by atoms with Gasteiger partial charge in [0.2, 0.25) is 0 Å². The summed E-state index contributed by atoms with van der Waals surface area (Å²) in [7, 11) is 0. The average molecular weight is 197 g/mol. The van der Waals surface area contributed by atoms with Crippen molar-refractivity contribution in [2.24, 2.45) is 5.73 Å². The number of hydrogen-bond donors (Lipinski definition) is 1. The molecule has 0 aromatic carbocycles. The van der Waals surface area contributed by atoms with Crippen molar-refractivity contribution >= 4 is 17.1 Å². The minimum Gasteiger partial charge on any atom is -0.319 e. The maximum Gasteiger partial charge on any atom is 0.183 e. The molecular formula is C10H15NOS. The Hall–Kier alpha value is -0.670. The number of nitrogens with two attached hydrogens (primary N) is 1. The molecule has 0 fully saturated rings. The lowest BCUT2D eigenvalue weighted by Gasteiger charge is -2.20. The number of carbonyl (C=O) groups is 1. The highest BCUT2D eigenvalue weighted by molar-refractivity contribution is 7.10. The lowest BCUT2D eigenvalue weighted by molar-refractivity contribution is 0.0898. The first-order valence-corrected chi connectivity index (χ1v) is 5.24. The van der Waals surface area contributed by atoms with Crippen molar-refractivity contribution in [2.45, 2.75) is 32.7 Å². The van der Waals surface area contributed by atoms with Crippen LogP contribution in [0.1, 0.15) is 35.5 Å². The van der Waals surface area contributed by atoms with Crippen LogP contribution in [0.2, 0.25) is 0 Å². The van der Waals surface area contributed by atoms with E-state index in [1.54, 1.807) is 18.3 Å². The summed E-state index contributed by atoms with van der Waals surface area (Å²) >= 11 is 1.58. The summed E-state index contributed by atoms with van der Waals surface area (Å²) in [6.45, 7) is 5.66. The van der Waals surface area contributed by atoms with Crippen LogP contribution in [0.15, 0.2) is 11.4 Å². The van der Waals surface area contributed by atoms with Crippen molar-refractivity contribution < 1.29 is 4.79 Å². The van der Waals surface area contributed by atoms with Crippen LogP contribution in [-0.2, 0) is 0 Å². The van der Waals surface area contributed by atoms with Crippen molar-refractivity contribution in [2.75, 3.05) is 0 Å². The number of aryl methyl sites for hydroxylation is 1. The normalized spacial score (nSPS) is 15.4. The third-order valence-corrected chi connectivity index (χ3v) is 3.20. The van der Waals surface area contributed by atoms with Gasteiger partial charge < -0.3 is 5.73 Å². The molecule has 72 valence electrons. The smallest absolute Gasteiger partial charge is 0.183 e. The van der Waals surface area contributed by atoms with E-state index in [4.69, 9.17) is 5.73 Å². The summed E-state index contributed by atoms with van der Waals surface area (Å²) in [5, 5.41) is 1.92. The van der Waals surface area contributed by atoms with Crippen molar-refractivity contribution in [3.63, 3.8) is 0 Å². The van der Waals surface area contributed by atoms with Gasteiger partial charge >= 0.3 is 0 Å². The second kappa shape index (κ2) is 3.60. The Morgan fingerprint density at radius 2 is 2.31 bits per heavy atom. The minimum absolute atomic E-state index is 0.0498. The molecule has 0 aliphatic carbocycles. The molecule has 0 spiro atoms. The van der Waals surface area contributed by atoms with Gasteiger partial charge in [-0.15, -0.1) is 11.3 Å². The zero-order valence-electron chi connectivity index (χ0n) is 8.26. The van der Waals surface area contributed by atoms with Crippen LogP contribution >= 0.6 is 11.3 Å². The van der Waals surface area contributed by atoms with Gasteiger partial charge in [0.1, 0.15) is 0 Å². The molecule has 1 unspecified atom stereocenters. The van der Waals surface area contributed by atoms with Gasteiger partial charge in [-0.3, -0.25) is 4.79 Å². The number of carbonyl (C=O) groups excluding carboxylic acids is 1. The van der Waals surface area contributed by atoms with Crippen molar-refractivity contribution in [3.05, 3.63) is 21.9 Å². The van der Waals surface area contributed by atoms with E-state index in [2.05, 4.69) is 0 Å². The number of rotatable bonds is 3. The molecule has 0 aliphatic rings. The van der Waals surface area contributed by atoms with Gasteiger partial charge in [-0.05, 0) is 31.7 Å². The Labute approximate surface area is 82.8 Å². The quantitative estimate of drug-likeness (QED) is 0.756. The summed E-state index contributed by atoms with van der Waals surface area (Å²) in [5.74, 6) is 0.0498. The van der Waals surface area contributed by atoms with E-state index in [9.17, 15) is 4.79 Å². The van der Waals surface area contributed by atoms with Crippen LogP contribution in [0.4, 0.5) is 0 Å². The van der Waals surface area contributed by atoms with Crippen molar-refractivity contribution in [1.29, 1.82) is 0 Å². The first-order valence-electron chi connectivity index (χ1n) is 4.37. The Balaban J connectivity index is 2.98. The van der Waals surface area contributed by atoms with Gasteiger partial charge in [-0.25, -0.2) is 0 Å². The predicted octanol–water partition coefficient (Wildman–Crippen LogP) is 2.37.